The first kappa shape index (κ1) is 16.8. The molecule has 0 aliphatic heterocycles. The summed E-state index contributed by atoms with van der Waals surface area (Å²) in [6.07, 6.45) is 1.31. The van der Waals surface area contributed by atoms with E-state index in [1.807, 2.05) is 0 Å². The van der Waals surface area contributed by atoms with Crippen LogP contribution >= 0.6 is 0 Å². The van der Waals surface area contributed by atoms with Gasteiger partial charge in [-0.15, -0.1) is 0 Å². The predicted octanol–water partition coefficient (Wildman–Crippen LogP) is 0.871. The van der Waals surface area contributed by atoms with Crippen molar-refractivity contribution in [2.24, 2.45) is 0 Å². The fourth-order valence-electron chi connectivity index (χ4n) is 2.00. The number of nitrogens with one attached hydrogen (secondary N) is 1. The minimum absolute atomic E-state index is 0.118. The van der Waals surface area contributed by atoms with E-state index in [9.17, 15) is 18.3 Å². The van der Waals surface area contributed by atoms with E-state index >= 15 is 0 Å². The molecule has 2 aromatic rings. The van der Waals surface area contributed by atoms with Gasteiger partial charge in [0.15, 0.2) is 0 Å². The molecule has 1 heterocycles. The number of rotatable bonds is 5. The summed E-state index contributed by atoms with van der Waals surface area (Å²) >= 11 is 0. The van der Waals surface area contributed by atoms with Gasteiger partial charge in [0.05, 0.1) is 29.9 Å². The number of aromatic nitrogens is 1. The van der Waals surface area contributed by atoms with Crippen LogP contribution in [0.5, 0.6) is 5.88 Å². The molecule has 1 N–H and O–H groups in total. The molecule has 0 spiro atoms. The van der Waals surface area contributed by atoms with Crippen molar-refractivity contribution in [2.45, 2.75) is 18.7 Å². The number of nitrogens with zero attached hydrogens (tertiary/aromatic N) is 1. The van der Waals surface area contributed by atoms with E-state index in [2.05, 4.69) is 9.71 Å². The number of benzene rings is 1. The van der Waals surface area contributed by atoms with E-state index < -0.39 is 16.0 Å². The molecule has 0 saturated carbocycles. The van der Waals surface area contributed by atoms with Crippen molar-refractivity contribution in [3.8, 4) is 5.88 Å². The molecule has 0 atom stereocenters. The van der Waals surface area contributed by atoms with Crippen molar-refractivity contribution in [1.82, 2.24) is 4.98 Å². The molecule has 0 radical (unpaired) electrons. The largest absolute Gasteiger partial charge is 0.545 e. The zero-order chi connectivity index (χ0) is 17.2. The van der Waals surface area contributed by atoms with Gasteiger partial charge in [-0.1, -0.05) is 0 Å². The number of carboxylic acids is 1. The van der Waals surface area contributed by atoms with E-state index in [-0.39, 0.29) is 16.1 Å². The number of hydrogen-bond donors (Lipinski definition) is 1. The number of carbonyl (C=O) groups is 1. The van der Waals surface area contributed by atoms with Gasteiger partial charge in [-0.3, -0.25) is 4.72 Å². The minimum Gasteiger partial charge on any atom is -0.545 e. The maximum Gasteiger partial charge on any atom is 0.262 e. The van der Waals surface area contributed by atoms with Gasteiger partial charge in [-0.05, 0) is 48.7 Å². The highest BCUT2D eigenvalue weighted by atomic mass is 32.2. The second kappa shape index (κ2) is 6.25. The Hall–Kier alpha value is -2.61. The van der Waals surface area contributed by atoms with E-state index in [1.54, 1.807) is 13.8 Å². The number of aryl methyl sites for hydroxylation is 1. The zero-order valence-corrected chi connectivity index (χ0v) is 13.6. The van der Waals surface area contributed by atoms with Gasteiger partial charge in [0, 0.05) is 6.07 Å². The maximum atomic E-state index is 12.5. The topological polar surface area (TPSA) is 108 Å². The summed E-state index contributed by atoms with van der Waals surface area (Å²) in [5, 5.41) is 11.0. The molecule has 7 nitrogen and oxygen atoms in total. The number of carbonyl (C=O) groups excluding carboxylic acids is 1. The van der Waals surface area contributed by atoms with Crippen molar-refractivity contribution in [3.63, 3.8) is 0 Å². The third-order valence-electron chi connectivity index (χ3n) is 3.34. The Morgan fingerprint density at radius 2 is 1.96 bits per heavy atom. The van der Waals surface area contributed by atoms with Crippen LogP contribution in [-0.2, 0) is 10.0 Å². The Balaban J connectivity index is 2.44. The average Bonchev–Trinajstić information content (AvgIpc) is 2.49. The quantitative estimate of drug-likeness (QED) is 0.868. The number of anilines is 1. The van der Waals surface area contributed by atoms with Crippen LogP contribution in [0.3, 0.4) is 0 Å². The molecule has 0 aliphatic carbocycles. The van der Waals surface area contributed by atoms with Gasteiger partial charge in [-0.2, -0.15) is 0 Å². The summed E-state index contributed by atoms with van der Waals surface area (Å²) in [6, 6.07) is 5.46. The molecule has 0 bridgehead atoms. The Morgan fingerprint density at radius 1 is 1.26 bits per heavy atom. The fourth-order valence-corrected chi connectivity index (χ4v) is 3.38. The second-order valence-corrected chi connectivity index (χ2v) is 6.55. The summed E-state index contributed by atoms with van der Waals surface area (Å²) in [7, 11) is -2.52. The lowest BCUT2D eigenvalue weighted by Crippen LogP contribution is -2.24. The SMILES string of the molecule is COc1ccc(NS(=O)(=O)c2cc(C(=O)[O-])cc(C)c2C)cn1. The first-order valence-corrected chi connectivity index (χ1v) is 8.08. The number of methoxy groups -OCH3 is 1. The van der Waals surface area contributed by atoms with Crippen LogP contribution in [-0.4, -0.2) is 26.5 Å². The second-order valence-electron chi connectivity index (χ2n) is 4.90. The van der Waals surface area contributed by atoms with E-state index in [0.29, 0.717) is 17.0 Å². The summed E-state index contributed by atoms with van der Waals surface area (Å²) in [6.45, 7) is 3.24. The Labute approximate surface area is 134 Å². The summed E-state index contributed by atoms with van der Waals surface area (Å²) in [5.41, 5.74) is 1.05. The smallest absolute Gasteiger partial charge is 0.262 e. The Bertz CT molecular complexity index is 845. The first-order valence-electron chi connectivity index (χ1n) is 6.60. The lowest BCUT2D eigenvalue weighted by molar-refractivity contribution is -0.255. The number of carboxylic acid groups (broad SMARTS) is 1. The van der Waals surface area contributed by atoms with Crippen LogP contribution in [0.4, 0.5) is 5.69 Å². The molecule has 122 valence electrons. The molecule has 1 aromatic carbocycles. The highest BCUT2D eigenvalue weighted by molar-refractivity contribution is 7.92. The van der Waals surface area contributed by atoms with Crippen molar-refractivity contribution in [3.05, 3.63) is 47.2 Å². The average molecular weight is 335 g/mol. The van der Waals surface area contributed by atoms with Crippen molar-refractivity contribution < 1.29 is 23.1 Å². The van der Waals surface area contributed by atoms with Gasteiger partial charge >= 0.3 is 0 Å². The highest BCUT2D eigenvalue weighted by Crippen LogP contribution is 2.23. The number of ether oxygens (including phenoxy) is 1. The van der Waals surface area contributed by atoms with Crippen LogP contribution in [0.25, 0.3) is 0 Å². The first-order chi connectivity index (χ1) is 10.7. The molecule has 0 saturated heterocycles. The zero-order valence-electron chi connectivity index (χ0n) is 12.8. The highest BCUT2D eigenvalue weighted by Gasteiger charge is 2.19. The third-order valence-corrected chi connectivity index (χ3v) is 4.85. The number of pyridine rings is 1. The molecule has 1 aromatic heterocycles. The fraction of sp³-hybridized carbons (Fsp3) is 0.200. The number of sulfonamides is 1. The van der Waals surface area contributed by atoms with Crippen LogP contribution < -0.4 is 14.6 Å². The van der Waals surface area contributed by atoms with Gasteiger partial charge in [0.2, 0.25) is 5.88 Å². The maximum absolute atomic E-state index is 12.5. The molecule has 0 amide bonds. The normalized spacial score (nSPS) is 11.1. The molecule has 0 unspecified atom stereocenters. The van der Waals surface area contributed by atoms with E-state index in [0.717, 1.165) is 6.07 Å². The molecule has 8 heteroatoms. The van der Waals surface area contributed by atoms with Gasteiger partial charge < -0.3 is 14.6 Å². The minimum atomic E-state index is -3.96. The van der Waals surface area contributed by atoms with Gasteiger partial charge in [0.25, 0.3) is 10.0 Å². The lowest BCUT2D eigenvalue weighted by atomic mass is 10.1. The van der Waals surface area contributed by atoms with Crippen LogP contribution in [0.15, 0.2) is 35.4 Å². The number of hydrogen-bond acceptors (Lipinski definition) is 6. The lowest BCUT2D eigenvalue weighted by Gasteiger charge is -2.14. The molecular weight excluding hydrogens is 320 g/mol. The molecule has 23 heavy (non-hydrogen) atoms. The molecular formula is C15H15N2O5S-. The third kappa shape index (κ3) is 3.59. The van der Waals surface area contributed by atoms with Crippen LogP contribution in [0, 0.1) is 13.8 Å². The molecule has 2 rings (SSSR count). The Morgan fingerprint density at radius 3 is 2.48 bits per heavy atom. The van der Waals surface area contributed by atoms with Crippen LogP contribution in [0.2, 0.25) is 0 Å². The predicted molar refractivity (Wildman–Crippen MR) is 81.8 cm³/mol. The van der Waals surface area contributed by atoms with E-state index in [1.165, 1.54) is 31.5 Å². The summed E-state index contributed by atoms with van der Waals surface area (Å²) in [4.78, 5) is 14.8. The van der Waals surface area contributed by atoms with Crippen molar-refractivity contribution in [2.75, 3.05) is 11.8 Å². The summed E-state index contributed by atoms with van der Waals surface area (Å²) < 4.78 is 32.3. The summed E-state index contributed by atoms with van der Waals surface area (Å²) in [5.74, 6) is -1.09. The van der Waals surface area contributed by atoms with Crippen molar-refractivity contribution >= 4 is 21.7 Å². The molecule has 0 aliphatic rings. The molecule has 0 fully saturated rings. The van der Waals surface area contributed by atoms with Crippen molar-refractivity contribution in [1.29, 1.82) is 0 Å². The Kier molecular flexibility index (Phi) is 4.55. The monoisotopic (exact) mass is 335 g/mol. The van der Waals surface area contributed by atoms with Gasteiger partial charge in [-0.25, -0.2) is 13.4 Å². The van der Waals surface area contributed by atoms with Crippen LogP contribution in [0.1, 0.15) is 21.5 Å². The van der Waals surface area contributed by atoms with Gasteiger partial charge in [0.1, 0.15) is 0 Å². The standard InChI is InChI=1S/C15H16N2O5S/c1-9-6-11(15(18)19)7-13(10(9)2)23(20,21)17-12-4-5-14(22-3)16-8-12/h4-8,17H,1-3H3,(H,18,19)/p-1. The van der Waals surface area contributed by atoms with E-state index in [4.69, 9.17) is 4.74 Å². The number of aromatic carboxylic acids is 1.